The molecule has 8 heteroatoms. The number of anilines is 3. The predicted molar refractivity (Wildman–Crippen MR) is 63.9 cm³/mol. The number of hydrogen-bond donors (Lipinski definition) is 2. The number of nitrogens with two attached hydrogens (primary N) is 1. The van der Waals surface area contributed by atoms with Crippen LogP contribution in [-0.2, 0) is 0 Å². The van der Waals surface area contributed by atoms with E-state index in [1.54, 1.807) is 0 Å². The summed E-state index contributed by atoms with van der Waals surface area (Å²) in [5, 5.41) is 2.73. The van der Waals surface area contributed by atoms with Crippen LogP contribution in [0.4, 0.5) is 22.0 Å². The van der Waals surface area contributed by atoms with Gasteiger partial charge in [0.2, 0.25) is 17.2 Å². The summed E-state index contributed by atoms with van der Waals surface area (Å²) in [7, 11) is 0. The fourth-order valence-corrected chi connectivity index (χ4v) is 1.47. The van der Waals surface area contributed by atoms with Crippen molar-refractivity contribution in [3.05, 3.63) is 34.3 Å². The highest BCUT2D eigenvalue weighted by Gasteiger charge is 2.05. The molecule has 0 saturated carbocycles. The van der Waals surface area contributed by atoms with Gasteiger partial charge >= 0.3 is 0 Å². The molecule has 0 aliphatic carbocycles. The first-order chi connectivity index (χ1) is 8.04. The number of nitrogens with zero attached hydrogens (tertiary/aromatic N) is 3. The Morgan fingerprint density at radius 1 is 1.18 bits per heavy atom. The highest BCUT2D eigenvalue weighted by molar-refractivity contribution is 6.31. The van der Waals surface area contributed by atoms with Crippen LogP contribution < -0.4 is 11.1 Å². The molecule has 0 saturated heterocycles. The van der Waals surface area contributed by atoms with Crippen LogP contribution in [0.15, 0.2) is 18.2 Å². The number of benzene rings is 1. The zero-order valence-corrected chi connectivity index (χ0v) is 9.80. The molecule has 0 fully saturated rings. The molecule has 0 spiro atoms. The third-order valence-corrected chi connectivity index (χ3v) is 2.26. The highest BCUT2D eigenvalue weighted by atomic mass is 35.5. The van der Waals surface area contributed by atoms with Gasteiger partial charge in [-0.25, -0.2) is 4.39 Å². The Labute approximate surface area is 106 Å². The van der Waals surface area contributed by atoms with Crippen molar-refractivity contribution in [3.8, 4) is 0 Å². The van der Waals surface area contributed by atoms with Crippen LogP contribution >= 0.6 is 23.2 Å². The topological polar surface area (TPSA) is 76.7 Å². The Morgan fingerprint density at radius 3 is 2.59 bits per heavy atom. The van der Waals surface area contributed by atoms with E-state index in [1.165, 1.54) is 18.2 Å². The third kappa shape index (κ3) is 2.92. The Balaban J connectivity index is 2.28. The van der Waals surface area contributed by atoms with Crippen molar-refractivity contribution in [1.29, 1.82) is 0 Å². The van der Waals surface area contributed by atoms with E-state index in [0.29, 0.717) is 5.69 Å². The van der Waals surface area contributed by atoms with E-state index >= 15 is 0 Å². The summed E-state index contributed by atoms with van der Waals surface area (Å²) < 4.78 is 12.9. The molecule has 1 aromatic carbocycles. The fraction of sp³-hybridized carbons (Fsp3) is 0. The van der Waals surface area contributed by atoms with Gasteiger partial charge in [-0.15, -0.1) is 0 Å². The van der Waals surface area contributed by atoms with Gasteiger partial charge in [-0.05, 0) is 29.8 Å². The van der Waals surface area contributed by atoms with Gasteiger partial charge in [0.15, 0.2) is 0 Å². The average Bonchev–Trinajstić information content (AvgIpc) is 2.22. The van der Waals surface area contributed by atoms with E-state index in [9.17, 15) is 4.39 Å². The highest BCUT2D eigenvalue weighted by Crippen LogP contribution is 2.21. The Morgan fingerprint density at radius 2 is 1.94 bits per heavy atom. The van der Waals surface area contributed by atoms with Gasteiger partial charge in [-0.2, -0.15) is 15.0 Å². The molecule has 17 heavy (non-hydrogen) atoms. The number of halogens is 3. The summed E-state index contributed by atoms with van der Waals surface area (Å²) in [6, 6.07) is 4.09. The second-order valence-electron chi connectivity index (χ2n) is 3.04. The quantitative estimate of drug-likeness (QED) is 0.880. The van der Waals surface area contributed by atoms with Crippen molar-refractivity contribution in [2.45, 2.75) is 0 Å². The van der Waals surface area contributed by atoms with Gasteiger partial charge in [0.25, 0.3) is 0 Å². The van der Waals surface area contributed by atoms with E-state index in [-0.39, 0.29) is 22.2 Å². The van der Waals surface area contributed by atoms with Gasteiger partial charge in [0.05, 0.1) is 5.02 Å². The van der Waals surface area contributed by atoms with Crippen LogP contribution in [-0.4, -0.2) is 15.0 Å². The van der Waals surface area contributed by atoms with E-state index < -0.39 is 5.82 Å². The molecule has 88 valence electrons. The molecule has 5 nitrogen and oxygen atoms in total. The molecule has 0 bridgehead atoms. The minimum Gasteiger partial charge on any atom is -0.368 e. The van der Waals surface area contributed by atoms with Gasteiger partial charge in [0.1, 0.15) is 5.82 Å². The van der Waals surface area contributed by atoms with Crippen LogP contribution in [0.25, 0.3) is 0 Å². The Bertz CT molecular complexity index is 543. The molecule has 2 aromatic rings. The lowest BCUT2D eigenvalue weighted by molar-refractivity contribution is 0.628. The van der Waals surface area contributed by atoms with Crippen LogP contribution in [0.2, 0.25) is 10.3 Å². The zero-order valence-electron chi connectivity index (χ0n) is 8.28. The maximum absolute atomic E-state index is 12.9. The first kappa shape index (κ1) is 11.8. The number of nitrogen functional groups attached to an aromatic ring is 1. The molecule has 1 heterocycles. The molecule has 0 aliphatic rings. The maximum Gasteiger partial charge on any atom is 0.233 e. The molecule has 0 radical (unpaired) electrons. The van der Waals surface area contributed by atoms with Gasteiger partial charge in [0, 0.05) is 5.69 Å². The maximum atomic E-state index is 12.9. The summed E-state index contributed by atoms with van der Waals surface area (Å²) in [4.78, 5) is 11.2. The van der Waals surface area contributed by atoms with Gasteiger partial charge in [-0.1, -0.05) is 11.6 Å². The van der Waals surface area contributed by atoms with E-state index in [2.05, 4.69) is 20.3 Å². The molecule has 0 unspecified atom stereocenters. The first-order valence-corrected chi connectivity index (χ1v) is 5.19. The largest absolute Gasteiger partial charge is 0.368 e. The lowest BCUT2D eigenvalue weighted by Crippen LogP contribution is -2.03. The molecule has 1 aromatic heterocycles. The zero-order chi connectivity index (χ0) is 12.4. The van der Waals surface area contributed by atoms with Crippen molar-refractivity contribution >= 4 is 40.8 Å². The molecule has 0 atom stereocenters. The lowest BCUT2D eigenvalue weighted by atomic mass is 10.3. The van der Waals surface area contributed by atoms with Crippen molar-refractivity contribution in [2.24, 2.45) is 0 Å². The minimum atomic E-state index is -0.509. The summed E-state index contributed by atoms with van der Waals surface area (Å²) in [5.41, 5.74) is 5.91. The second-order valence-corrected chi connectivity index (χ2v) is 3.79. The molecule has 2 rings (SSSR count). The number of rotatable bonds is 2. The molecule has 0 amide bonds. The van der Waals surface area contributed by atoms with Gasteiger partial charge < -0.3 is 11.1 Å². The first-order valence-electron chi connectivity index (χ1n) is 4.44. The standard InChI is InChI=1S/C9H6Cl2FN5/c10-5-3-4(1-2-6(5)12)14-9-16-7(11)15-8(13)17-9/h1-3H,(H3,13,14,15,16,17). The predicted octanol–water partition coefficient (Wildman–Crippen LogP) is 2.64. The second kappa shape index (κ2) is 4.68. The minimum absolute atomic E-state index is 0.0110. The molecular weight excluding hydrogens is 268 g/mol. The van der Waals surface area contributed by atoms with E-state index in [1.807, 2.05) is 0 Å². The molecular formula is C9H6Cl2FN5. The van der Waals surface area contributed by atoms with Gasteiger partial charge in [-0.3, -0.25) is 0 Å². The van der Waals surface area contributed by atoms with Crippen LogP contribution in [0, 0.1) is 5.82 Å². The normalized spacial score (nSPS) is 10.3. The Kier molecular flexibility index (Phi) is 3.26. The van der Waals surface area contributed by atoms with Crippen molar-refractivity contribution < 1.29 is 4.39 Å². The van der Waals surface area contributed by atoms with Crippen LogP contribution in [0.5, 0.6) is 0 Å². The van der Waals surface area contributed by atoms with Crippen molar-refractivity contribution in [2.75, 3.05) is 11.1 Å². The summed E-state index contributed by atoms with van der Waals surface area (Å²) >= 11 is 11.2. The van der Waals surface area contributed by atoms with E-state index in [0.717, 1.165) is 0 Å². The SMILES string of the molecule is Nc1nc(Cl)nc(Nc2ccc(F)c(Cl)c2)n1. The average molecular weight is 274 g/mol. The van der Waals surface area contributed by atoms with Crippen molar-refractivity contribution in [1.82, 2.24) is 15.0 Å². The van der Waals surface area contributed by atoms with Crippen LogP contribution in [0.1, 0.15) is 0 Å². The summed E-state index contributed by atoms with van der Waals surface area (Å²) in [5.74, 6) is -0.365. The number of hydrogen-bond acceptors (Lipinski definition) is 5. The fourth-order valence-electron chi connectivity index (χ4n) is 1.12. The Hall–Kier alpha value is -1.66. The lowest BCUT2D eigenvalue weighted by Gasteiger charge is -2.05. The summed E-state index contributed by atoms with van der Waals surface area (Å²) in [6.07, 6.45) is 0. The smallest absolute Gasteiger partial charge is 0.233 e. The van der Waals surface area contributed by atoms with Crippen LogP contribution in [0.3, 0.4) is 0 Å². The molecule has 3 N–H and O–H groups in total. The van der Waals surface area contributed by atoms with E-state index in [4.69, 9.17) is 28.9 Å². The monoisotopic (exact) mass is 273 g/mol. The summed E-state index contributed by atoms with van der Waals surface area (Å²) in [6.45, 7) is 0. The third-order valence-electron chi connectivity index (χ3n) is 1.80. The number of aromatic nitrogens is 3. The number of nitrogens with one attached hydrogen (secondary N) is 1. The molecule has 0 aliphatic heterocycles. The van der Waals surface area contributed by atoms with Crippen molar-refractivity contribution in [3.63, 3.8) is 0 Å².